The van der Waals surface area contributed by atoms with E-state index in [-0.39, 0.29) is 12.5 Å². The molecule has 1 aliphatic carbocycles. The van der Waals surface area contributed by atoms with Gasteiger partial charge in [-0.25, -0.2) is 14.0 Å². The van der Waals surface area contributed by atoms with E-state index in [2.05, 4.69) is 10.6 Å². The molecule has 2 rings (SSSR count). The summed E-state index contributed by atoms with van der Waals surface area (Å²) >= 11 is 0. The Bertz CT molecular complexity index is 633. The molecule has 0 heterocycles. The molecule has 1 aromatic carbocycles. The first-order valence-corrected chi connectivity index (χ1v) is 12.0. The molecule has 2 N–H and O–H groups in total. The zero-order valence-electron chi connectivity index (χ0n) is 18.9. The Morgan fingerprint density at radius 3 is 2.35 bits per heavy atom. The van der Waals surface area contributed by atoms with Crippen LogP contribution in [0.4, 0.5) is 9.18 Å². The van der Waals surface area contributed by atoms with Crippen LogP contribution < -0.4 is 10.6 Å². The summed E-state index contributed by atoms with van der Waals surface area (Å²) in [6.07, 6.45) is 9.73. The highest BCUT2D eigenvalue weighted by atomic mass is 19.1. The molecule has 0 radical (unpaired) electrons. The van der Waals surface area contributed by atoms with Crippen molar-refractivity contribution < 1.29 is 18.7 Å². The van der Waals surface area contributed by atoms with Gasteiger partial charge in [0.05, 0.1) is 0 Å². The number of carbonyl (C=O) groups is 2. The summed E-state index contributed by atoms with van der Waals surface area (Å²) in [4.78, 5) is 24.0. The number of hydrogen-bond donors (Lipinski definition) is 2. The number of halogens is 1. The van der Waals surface area contributed by atoms with Gasteiger partial charge in [-0.15, -0.1) is 0 Å². The fourth-order valence-corrected chi connectivity index (χ4v) is 4.00. The minimum absolute atomic E-state index is 0.0790. The molecule has 5 nitrogen and oxygen atoms in total. The minimum atomic E-state index is -1.58. The number of esters is 1. The van der Waals surface area contributed by atoms with Crippen LogP contribution in [0.5, 0.6) is 0 Å². The number of ether oxygens (including phenoxy) is 1. The molecular formula is C25H39FN2O3. The Morgan fingerprint density at radius 1 is 1.00 bits per heavy atom. The van der Waals surface area contributed by atoms with Crippen molar-refractivity contribution in [1.29, 1.82) is 0 Å². The first-order valence-electron chi connectivity index (χ1n) is 12.0. The molecule has 0 aromatic heterocycles. The molecule has 0 unspecified atom stereocenters. The van der Waals surface area contributed by atoms with Crippen molar-refractivity contribution in [1.82, 2.24) is 10.6 Å². The molecular weight excluding hydrogens is 395 g/mol. The Morgan fingerprint density at radius 2 is 1.65 bits per heavy atom. The SMILES string of the molecule is C[C@H](OC(=O)[C@@H](F)CCCCCCNC(=O)NC1CCCCCCC1)c1ccccc1. The van der Waals surface area contributed by atoms with E-state index in [9.17, 15) is 14.0 Å². The number of urea groups is 1. The van der Waals surface area contributed by atoms with Gasteiger partial charge in [0.25, 0.3) is 0 Å². The van der Waals surface area contributed by atoms with E-state index < -0.39 is 18.2 Å². The number of nitrogens with one attached hydrogen (secondary N) is 2. The molecule has 1 aromatic rings. The van der Waals surface area contributed by atoms with Crippen molar-refractivity contribution in [2.75, 3.05) is 6.54 Å². The van der Waals surface area contributed by atoms with Crippen LogP contribution in [0.3, 0.4) is 0 Å². The zero-order chi connectivity index (χ0) is 22.3. The van der Waals surface area contributed by atoms with Gasteiger partial charge in [-0.3, -0.25) is 0 Å². The van der Waals surface area contributed by atoms with Crippen LogP contribution in [0.2, 0.25) is 0 Å². The van der Waals surface area contributed by atoms with Crippen LogP contribution in [0.1, 0.15) is 95.6 Å². The minimum Gasteiger partial charge on any atom is -0.456 e. The molecule has 2 atom stereocenters. The Kier molecular flexibility index (Phi) is 12.0. The van der Waals surface area contributed by atoms with E-state index >= 15 is 0 Å². The number of hydrogen-bond acceptors (Lipinski definition) is 3. The van der Waals surface area contributed by atoms with E-state index in [0.717, 1.165) is 37.7 Å². The Labute approximate surface area is 186 Å². The van der Waals surface area contributed by atoms with Crippen molar-refractivity contribution in [3.05, 3.63) is 35.9 Å². The maximum Gasteiger partial charge on any atom is 0.341 e. The normalized spacial score (nSPS) is 17.1. The van der Waals surface area contributed by atoms with Crippen molar-refractivity contribution >= 4 is 12.0 Å². The third-order valence-electron chi connectivity index (χ3n) is 5.93. The quantitative estimate of drug-likeness (QED) is 0.332. The van der Waals surface area contributed by atoms with Crippen LogP contribution >= 0.6 is 0 Å². The van der Waals surface area contributed by atoms with E-state index in [0.29, 0.717) is 19.0 Å². The summed E-state index contributed by atoms with van der Waals surface area (Å²) in [7, 11) is 0. The van der Waals surface area contributed by atoms with Crippen LogP contribution in [-0.2, 0) is 9.53 Å². The van der Waals surface area contributed by atoms with Crippen LogP contribution in [-0.4, -0.2) is 30.8 Å². The van der Waals surface area contributed by atoms with E-state index in [1.807, 2.05) is 30.3 Å². The molecule has 1 saturated carbocycles. The molecule has 0 spiro atoms. The number of amides is 2. The lowest BCUT2D eigenvalue weighted by Gasteiger charge is -2.21. The summed E-state index contributed by atoms with van der Waals surface area (Å²) in [6, 6.07) is 9.55. The molecule has 174 valence electrons. The Hall–Kier alpha value is -2.11. The van der Waals surface area contributed by atoms with Gasteiger partial charge in [0.15, 0.2) is 6.17 Å². The number of benzene rings is 1. The van der Waals surface area contributed by atoms with Crippen molar-refractivity contribution in [2.45, 2.75) is 102 Å². The predicted octanol–water partition coefficient (Wildman–Crippen LogP) is 5.99. The monoisotopic (exact) mass is 434 g/mol. The van der Waals surface area contributed by atoms with Gasteiger partial charge in [0.1, 0.15) is 6.10 Å². The highest BCUT2D eigenvalue weighted by molar-refractivity contribution is 5.74. The van der Waals surface area contributed by atoms with Crippen molar-refractivity contribution in [3.8, 4) is 0 Å². The fourth-order valence-electron chi connectivity index (χ4n) is 4.00. The molecule has 2 amide bonds. The number of carbonyl (C=O) groups excluding carboxylic acids is 2. The first-order chi connectivity index (χ1) is 15.1. The van der Waals surface area contributed by atoms with Crippen LogP contribution in [0.15, 0.2) is 30.3 Å². The summed E-state index contributed by atoms with van der Waals surface area (Å²) in [5, 5.41) is 6.02. The lowest BCUT2D eigenvalue weighted by molar-refractivity contribution is -0.155. The highest BCUT2D eigenvalue weighted by Gasteiger charge is 2.21. The fraction of sp³-hybridized carbons (Fsp3) is 0.680. The third-order valence-corrected chi connectivity index (χ3v) is 5.93. The molecule has 1 aliphatic rings. The van der Waals surface area contributed by atoms with Gasteiger partial charge in [-0.05, 0) is 44.6 Å². The second kappa shape index (κ2) is 14.8. The number of alkyl halides is 1. The third kappa shape index (κ3) is 10.7. The standard InChI is InChI=1S/C25H39FN2O3/c1-20(21-14-8-7-9-15-21)31-24(29)23(26)18-12-5-6-13-19-27-25(30)28-22-16-10-3-2-4-11-17-22/h7-9,14-15,20,22-23H,2-6,10-13,16-19H2,1H3,(H2,27,28,30)/t20-,23-/m0/s1. The number of unbranched alkanes of at least 4 members (excludes halogenated alkanes) is 3. The second-order valence-electron chi connectivity index (χ2n) is 8.60. The summed E-state index contributed by atoms with van der Waals surface area (Å²) in [6.45, 7) is 2.37. The van der Waals surface area contributed by atoms with Gasteiger partial charge in [-0.2, -0.15) is 0 Å². The molecule has 0 saturated heterocycles. The first kappa shape index (κ1) is 25.2. The summed E-state index contributed by atoms with van der Waals surface area (Å²) < 4.78 is 19.3. The molecule has 31 heavy (non-hydrogen) atoms. The van der Waals surface area contributed by atoms with Crippen molar-refractivity contribution in [3.63, 3.8) is 0 Å². The molecule has 0 aliphatic heterocycles. The molecule has 1 fully saturated rings. The maximum absolute atomic E-state index is 14.1. The summed E-state index contributed by atoms with van der Waals surface area (Å²) in [5.74, 6) is -0.788. The van der Waals surface area contributed by atoms with Gasteiger partial charge < -0.3 is 15.4 Å². The van der Waals surface area contributed by atoms with Gasteiger partial charge in [-0.1, -0.05) is 75.3 Å². The number of rotatable bonds is 11. The maximum atomic E-state index is 14.1. The topological polar surface area (TPSA) is 67.4 Å². The lowest BCUT2D eigenvalue weighted by Crippen LogP contribution is -2.42. The average Bonchev–Trinajstić information content (AvgIpc) is 2.75. The summed E-state index contributed by atoms with van der Waals surface area (Å²) in [5.41, 5.74) is 0.856. The average molecular weight is 435 g/mol. The van der Waals surface area contributed by atoms with E-state index in [1.165, 1.54) is 32.1 Å². The van der Waals surface area contributed by atoms with Gasteiger partial charge in [0.2, 0.25) is 0 Å². The Balaban J connectivity index is 1.48. The second-order valence-corrected chi connectivity index (χ2v) is 8.60. The van der Waals surface area contributed by atoms with E-state index in [1.54, 1.807) is 6.92 Å². The highest BCUT2D eigenvalue weighted by Crippen LogP contribution is 2.19. The van der Waals surface area contributed by atoms with Crippen molar-refractivity contribution in [2.24, 2.45) is 0 Å². The van der Waals surface area contributed by atoms with Gasteiger partial charge in [0, 0.05) is 12.6 Å². The molecule has 0 bridgehead atoms. The van der Waals surface area contributed by atoms with Gasteiger partial charge >= 0.3 is 12.0 Å². The van der Waals surface area contributed by atoms with Crippen LogP contribution in [0, 0.1) is 0 Å². The van der Waals surface area contributed by atoms with Crippen LogP contribution in [0.25, 0.3) is 0 Å². The lowest BCUT2D eigenvalue weighted by atomic mass is 9.97. The zero-order valence-corrected chi connectivity index (χ0v) is 18.9. The molecule has 6 heteroatoms. The largest absolute Gasteiger partial charge is 0.456 e. The predicted molar refractivity (Wildman–Crippen MR) is 122 cm³/mol. The smallest absolute Gasteiger partial charge is 0.341 e. The van der Waals surface area contributed by atoms with E-state index in [4.69, 9.17) is 4.74 Å².